The number of carbonyl (C=O) groups excluding carboxylic acids is 1. The zero-order chi connectivity index (χ0) is 16.9. The lowest BCUT2D eigenvalue weighted by Gasteiger charge is -2.20. The number of aliphatic carboxylic acids is 1. The first-order chi connectivity index (χ1) is 10.9. The first-order valence-electron chi connectivity index (χ1n) is 7.92. The predicted octanol–water partition coefficient (Wildman–Crippen LogP) is 2.13. The average Bonchev–Trinajstić information content (AvgIpc) is 2.92. The van der Waals surface area contributed by atoms with Gasteiger partial charge in [-0.05, 0) is 44.4 Å². The van der Waals surface area contributed by atoms with Crippen LogP contribution in [0.3, 0.4) is 0 Å². The summed E-state index contributed by atoms with van der Waals surface area (Å²) in [5, 5.41) is 12.1. The Bertz CT molecular complexity index is 575. The van der Waals surface area contributed by atoms with Gasteiger partial charge in [-0.15, -0.1) is 0 Å². The van der Waals surface area contributed by atoms with E-state index in [0.717, 1.165) is 11.3 Å². The van der Waals surface area contributed by atoms with Crippen LogP contribution in [0.25, 0.3) is 0 Å². The van der Waals surface area contributed by atoms with Gasteiger partial charge in [-0.2, -0.15) is 0 Å². The van der Waals surface area contributed by atoms with Gasteiger partial charge in [-0.3, -0.25) is 4.79 Å². The third-order valence-corrected chi connectivity index (χ3v) is 4.18. The number of benzene rings is 1. The molecule has 1 aliphatic rings. The molecule has 6 nitrogen and oxygen atoms in total. The van der Waals surface area contributed by atoms with Gasteiger partial charge >= 0.3 is 12.0 Å². The lowest BCUT2D eigenvalue weighted by Crippen LogP contribution is -2.41. The first-order valence-corrected chi connectivity index (χ1v) is 7.92. The van der Waals surface area contributed by atoms with Gasteiger partial charge in [-0.25, -0.2) is 4.79 Å². The number of nitrogens with one attached hydrogen (secondary N) is 1. The molecule has 0 radical (unpaired) electrons. The van der Waals surface area contributed by atoms with E-state index in [1.807, 2.05) is 31.2 Å². The van der Waals surface area contributed by atoms with Crippen molar-refractivity contribution in [3.05, 3.63) is 29.8 Å². The minimum Gasteiger partial charge on any atom is -0.494 e. The van der Waals surface area contributed by atoms with Crippen molar-refractivity contribution < 1.29 is 19.4 Å². The maximum Gasteiger partial charge on any atom is 0.317 e. The van der Waals surface area contributed by atoms with Crippen LogP contribution in [0.4, 0.5) is 4.79 Å². The van der Waals surface area contributed by atoms with Crippen LogP contribution in [0.2, 0.25) is 0 Å². The quantitative estimate of drug-likeness (QED) is 0.841. The Morgan fingerprint density at radius 1 is 1.43 bits per heavy atom. The van der Waals surface area contributed by atoms with Gasteiger partial charge in [0.1, 0.15) is 5.75 Å². The molecule has 0 bridgehead atoms. The van der Waals surface area contributed by atoms with E-state index in [1.54, 1.807) is 11.8 Å². The van der Waals surface area contributed by atoms with Gasteiger partial charge in [0.2, 0.25) is 0 Å². The van der Waals surface area contributed by atoms with Crippen LogP contribution in [0, 0.1) is 5.41 Å². The molecule has 1 unspecified atom stereocenters. The molecule has 1 fully saturated rings. The highest BCUT2D eigenvalue weighted by atomic mass is 16.5. The van der Waals surface area contributed by atoms with Crippen molar-refractivity contribution >= 4 is 12.0 Å². The number of carboxylic acid groups (broad SMARTS) is 1. The zero-order valence-electron chi connectivity index (χ0n) is 13.7. The van der Waals surface area contributed by atoms with E-state index in [0.29, 0.717) is 32.5 Å². The molecule has 6 heteroatoms. The summed E-state index contributed by atoms with van der Waals surface area (Å²) >= 11 is 0. The van der Waals surface area contributed by atoms with Crippen LogP contribution in [0.5, 0.6) is 5.75 Å². The van der Waals surface area contributed by atoms with Crippen molar-refractivity contribution in [2.45, 2.75) is 26.7 Å². The number of likely N-dealkylation sites (tertiary alicyclic amines) is 1. The molecule has 2 amide bonds. The Morgan fingerprint density at radius 2 is 2.22 bits per heavy atom. The van der Waals surface area contributed by atoms with E-state index in [1.165, 1.54) is 0 Å². The fourth-order valence-electron chi connectivity index (χ4n) is 2.69. The van der Waals surface area contributed by atoms with Gasteiger partial charge in [-0.1, -0.05) is 12.1 Å². The molecule has 0 aromatic heterocycles. The Hall–Kier alpha value is -2.24. The van der Waals surface area contributed by atoms with Crippen molar-refractivity contribution in [3.63, 3.8) is 0 Å². The minimum atomic E-state index is -0.847. The number of carboxylic acids is 1. The maximum atomic E-state index is 12.1. The number of urea groups is 1. The van der Waals surface area contributed by atoms with E-state index >= 15 is 0 Å². The third kappa shape index (κ3) is 4.37. The van der Waals surface area contributed by atoms with Crippen LogP contribution in [-0.4, -0.2) is 48.2 Å². The van der Waals surface area contributed by atoms with Crippen molar-refractivity contribution in [1.29, 1.82) is 0 Å². The normalized spacial score (nSPS) is 20.3. The molecule has 1 atom stereocenters. The first kappa shape index (κ1) is 17.1. The maximum absolute atomic E-state index is 12.1. The number of hydrogen-bond acceptors (Lipinski definition) is 3. The van der Waals surface area contributed by atoms with Gasteiger partial charge < -0.3 is 20.1 Å². The number of ether oxygens (including phenoxy) is 1. The lowest BCUT2D eigenvalue weighted by atomic mass is 9.90. The second-order valence-electron chi connectivity index (χ2n) is 6.10. The SMILES string of the molecule is CCOc1cccc(CCNC(=O)N2CCC(C)(C(=O)O)C2)c1. The van der Waals surface area contributed by atoms with Crippen molar-refractivity contribution in [1.82, 2.24) is 10.2 Å². The lowest BCUT2D eigenvalue weighted by molar-refractivity contribution is -0.146. The smallest absolute Gasteiger partial charge is 0.317 e. The largest absolute Gasteiger partial charge is 0.494 e. The molecule has 1 heterocycles. The van der Waals surface area contributed by atoms with E-state index in [4.69, 9.17) is 4.74 Å². The summed E-state index contributed by atoms with van der Waals surface area (Å²) in [6, 6.07) is 7.60. The molecule has 0 spiro atoms. The van der Waals surface area contributed by atoms with E-state index in [-0.39, 0.29) is 12.6 Å². The van der Waals surface area contributed by atoms with Crippen LogP contribution >= 0.6 is 0 Å². The van der Waals surface area contributed by atoms with Crippen LogP contribution in [0.15, 0.2) is 24.3 Å². The predicted molar refractivity (Wildman–Crippen MR) is 86.6 cm³/mol. The number of rotatable bonds is 6. The summed E-state index contributed by atoms with van der Waals surface area (Å²) in [5.74, 6) is -0.0198. The van der Waals surface area contributed by atoms with E-state index in [2.05, 4.69) is 5.32 Å². The Morgan fingerprint density at radius 3 is 2.87 bits per heavy atom. The number of nitrogens with zero attached hydrogens (tertiary/aromatic N) is 1. The molecule has 2 N–H and O–H groups in total. The standard InChI is InChI=1S/C17H24N2O4/c1-3-23-14-6-4-5-13(11-14)7-9-18-16(22)19-10-8-17(2,12-19)15(20)21/h4-6,11H,3,7-10,12H2,1-2H3,(H,18,22)(H,20,21). The summed E-state index contributed by atoms with van der Waals surface area (Å²) in [5.41, 5.74) is 0.261. The van der Waals surface area contributed by atoms with Gasteiger partial charge in [0.05, 0.1) is 12.0 Å². The number of hydrogen-bond donors (Lipinski definition) is 2. The molecule has 1 aromatic rings. The third-order valence-electron chi connectivity index (χ3n) is 4.18. The van der Waals surface area contributed by atoms with Crippen LogP contribution < -0.4 is 10.1 Å². The van der Waals surface area contributed by atoms with Gasteiger partial charge in [0.25, 0.3) is 0 Å². The molecular formula is C17H24N2O4. The fourth-order valence-corrected chi connectivity index (χ4v) is 2.69. The second-order valence-corrected chi connectivity index (χ2v) is 6.10. The Kier molecular flexibility index (Phi) is 5.47. The summed E-state index contributed by atoms with van der Waals surface area (Å²) < 4.78 is 5.45. The molecule has 0 saturated carbocycles. The molecule has 1 saturated heterocycles. The summed E-state index contributed by atoms with van der Waals surface area (Å²) in [6.45, 7) is 5.49. The second kappa shape index (κ2) is 7.35. The molecular weight excluding hydrogens is 296 g/mol. The van der Waals surface area contributed by atoms with Gasteiger partial charge in [0, 0.05) is 19.6 Å². The summed E-state index contributed by atoms with van der Waals surface area (Å²) in [4.78, 5) is 24.9. The Labute approximate surface area is 136 Å². The summed E-state index contributed by atoms with van der Waals surface area (Å²) in [7, 11) is 0. The van der Waals surface area contributed by atoms with Crippen molar-refractivity contribution in [2.24, 2.45) is 5.41 Å². The minimum absolute atomic E-state index is 0.198. The van der Waals surface area contributed by atoms with E-state index in [9.17, 15) is 14.7 Å². The van der Waals surface area contributed by atoms with Crippen LogP contribution in [-0.2, 0) is 11.2 Å². The molecule has 1 aromatic carbocycles. The van der Waals surface area contributed by atoms with Crippen molar-refractivity contribution in [2.75, 3.05) is 26.2 Å². The molecule has 23 heavy (non-hydrogen) atoms. The fraction of sp³-hybridized carbons (Fsp3) is 0.529. The molecule has 1 aliphatic heterocycles. The average molecular weight is 320 g/mol. The number of carbonyl (C=O) groups is 2. The molecule has 0 aliphatic carbocycles. The molecule has 126 valence electrons. The summed E-state index contributed by atoms with van der Waals surface area (Å²) in [6.07, 6.45) is 1.20. The van der Waals surface area contributed by atoms with E-state index < -0.39 is 11.4 Å². The zero-order valence-corrected chi connectivity index (χ0v) is 13.7. The highest BCUT2D eigenvalue weighted by Crippen LogP contribution is 2.29. The highest BCUT2D eigenvalue weighted by Gasteiger charge is 2.42. The monoisotopic (exact) mass is 320 g/mol. The Balaban J connectivity index is 1.79. The number of amides is 2. The van der Waals surface area contributed by atoms with Gasteiger partial charge in [0.15, 0.2) is 0 Å². The highest BCUT2D eigenvalue weighted by molar-refractivity contribution is 5.79. The topological polar surface area (TPSA) is 78.9 Å². The molecule has 2 rings (SSSR count). The van der Waals surface area contributed by atoms with Crippen molar-refractivity contribution in [3.8, 4) is 5.75 Å². The van der Waals surface area contributed by atoms with Crippen LogP contribution in [0.1, 0.15) is 25.8 Å².